The molecule has 1 fully saturated rings. The van der Waals surface area contributed by atoms with Gasteiger partial charge in [-0.05, 0) is 74.0 Å². The number of rotatable bonds is 4. The van der Waals surface area contributed by atoms with Gasteiger partial charge in [-0.3, -0.25) is 0 Å². The van der Waals surface area contributed by atoms with Crippen molar-refractivity contribution < 1.29 is 9.90 Å². The van der Waals surface area contributed by atoms with E-state index in [2.05, 4.69) is 28.8 Å². The maximum absolute atomic E-state index is 12.5. The molecule has 0 spiro atoms. The van der Waals surface area contributed by atoms with Crippen molar-refractivity contribution in [3.63, 3.8) is 0 Å². The van der Waals surface area contributed by atoms with Gasteiger partial charge < -0.3 is 15.7 Å². The number of aliphatic hydroxyl groups excluding tert-OH is 1. The highest BCUT2D eigenvalue weighted by Crippen LogP contribution is 2.47. The van der Waals surface area contributed by atoms with Crippen LogP contribution in [0.1, 0.15) is 67.7 Å². The minimum Gasteiger partial charge on any atom is -0.394 e. The molecule has 3 atom stereocenters. The fourth-order valence-corrected chi connectivity index (χ4v) is 4.56. The summed E-state index contributed by atoms with van der Waals surface area (Å²) in [6.45, 7) is 1.95. The number of carbonyl (C=O) groups is 1. The maximum Gasteiger partial charge on any atom is 0.315 e. The summed E-state index contributed by atoms with van der Waals surface area (Å²) in [6, 6.07) is 6.49. The number of urea groups is 1. The molecule has 3 aliphatic rings. The summed E-state index contributed by atoms with van der Waals surface area (Å²) in [5.41, 5.74) is 3.79. The molecule has 0 heterocycles. The van der Waals surface area contributed by atoms with Gasteiger partial charge >= 0.3 is 6.03 Å². The fourth-order valence-electron chi connectivity index (χ4n) is 4.56. The first-order valence-electron chi connectivity index (χ1n) is 8.92. The number of carbonyl (C=O) groups excluding carboxylic acids is 1. The van der Waals surface area contributed by atoms with Crippen molar-refractivity contribution >= 4 is 6.03 Å². The summed E-state index contributed by atoms with van der Waals surface area (Å²) in [5.74, 6) is 1.02. The van der Waals surface area contributed by atoms with E-state index in [0.29, 0.717) is 11.8 Å². The van der Waals surface area contributed by atoms with Crippen LogP contribution in [-0.4, -0.2) is 23.3 Å². The van der Waals surface area contributed by atoms with Gasteiger partial charge in [0.05, 0.1) is 18.2 Å². The van der Waals surface area contributed by atoms with Crippen molar-refractivity contribution in [2.24, 2.45) is 5.92 Å². The second-order valence-corrected chi connectivity index (χ2v) is 7.75. The first kappa shape index (κ1) is 15.0. The van der Waals surface area contributed by atoms with Crippen molar-refractivity contribution in [3.8, 4) is 0 Å². The molecule has 3 aliphatic carbocycles. The molecule has 4 heteroatoms. The molecule has 4 nitrogen and oxygen atoms in total. The molecular weight excluding hydrogens is 288 g/mol. The molecule has 4 rings (SSSR count). The second-order valence-electron chi connectivity index (χ2n) is 7.75. The molecule has 3 unspecified atom stereocenters. The summed E-state index contributed by atoms with van der Waals surface area (Å²) in [4.78, 5) is 12.5. The highest BCUT2D eigenvalue weighted by molar-refractivity contribution is 5.76. The molecular formula is C19H26N2O2. The molecule has 0 bridgehead atoms. The van der Waals surface area contributed by atoms with E-state index in [1.807, 2.05) is 6.92 Å². The van der Waals surface area contributed by atoms with Crippen molar-refractivity contribution in [3.05, 3.63) is 34.9 Å². The zero-order chi connectivity index (χ0) is 16.0. The van der Waals surface area contributed by atoms with Crippen LogP contribution in [0.25, 0.3) is 0 Å². The average Bonchev–Trinajstić information content (AvgIpc) is 3.34. The minimum atomic E-state index is -0.485. The van der Waals surface area contributed by atoms with Gasteiger partial charge in [0.25, 0.3) is 0 Å². The lowest BCUT2D eigenvalue weighted by Gasteiger charge is -2.29. The van der Waals surface area contributed by atoms with Crippen molar-refractivity contribution in [1.29, 1.82) is 0 Å². The zero-order valence-corrected chi connectivity index (χ0v) is 13.8. The van der Waals surface area contributed by atoms with Crippen LogP contribution in [0.2, 0.25) is 0 Å². The van der Waals surface area contributed by atoms with Gasteiger partial charge in [0, 0.05) is 0 Å². The topological polar surface area (TPSA) is 61.4 Å². The smallest absolute Gasteiger partial charge is 0.315 e. The Kier molecular flexibility index (Phi) is 3.60. The van der Waals surface area contributed by atoms with Crippen LogP contribution in [0, 0.1) is 5.92 Å². The predicted octanol–water partition coefficient (Wildman–Crippen LogP) is 3.01. The van der Waals surface area contributed by atoms with Crippen LogP contribution in [0.5, 0.6) is 0 Å². The number of hydrogen-bond donors (Lipinski definition) is 3. The van der Waals surface area contributed by atoms with E-state index in [4.69, 9.17) is 0 Å². The molecule has 0 aromatic heterocycles. The molecule has 3 N–H and O–H groups in total. The van der Waals surface area contributed by atoms with Crippen LogP contribution < -0.4 is 10.6 Å². The van der Waals surface area contributed by atoms with Gasteiger partial charge in [-0.25, -0.2) is 4.79 Å². The Morgan fingerprint density at radius 3 is 2.91 bits per heavy atom. The third-order valence-corrected chi connectivity index (χ3v) is 6.04. The quantitative estimate of drug-likeness (QED) is 0.800. The predicted molar refractivity (Wildman–Crippen MR) is 89.4 cm³/mol. The third kappa shape index (κ3) is 2.63. The van der Waals surface area contributed by atoms with E-state index in [9.17, 15) is 9.90 Å². The Labute approximate surface area is 137 Å². The number of hydrogen-bond acceptors (Lipinski definition) is 2. The van der Waals surface area contributed by atoms with E-state index in [1.54, 1.807) is 0 Å². The molecule has 0 saturated heterocycles. The minimum absolute atomic E-state index is 0.000879. The highest BCUT2D eigenvalue weighted by atomic mass is 16.3. The molecule has 1 aromatic carbocycles. The van der Waals surface area contributed by atoms with E-state index in [-0.39, 0.29) is 18.7 Å². The molecule has 1 saturated carbocycles. The first-order valence-corrected chi connectivity index (χ1v) is 8.92. The summed E-state index contributed by atoms with van der Waals surface area (Å²) in [6.07, 6.45) is 6.86. The Morgan fingerprint density at radius 1 is 1.35 bits per heavy atom. The molecule has 0 aliphatic heterocycles. The summed E-state index contributed by atoms with van der Waals surface area (Å²) >= 11 is 0. The lowest BCUT2D eigenvalue weighted by molar-refractivity contribution is 0.154. The number of benzene rings is 1. The van der Waals surface area contributed by atoms with E-state index in [1.165, 1.54) is 36.0 Å². The molecule has 1 aromatic rings. The highest BCUT2D eigenvalue weighted by Gasteiger charge is 2.43. The van der Waals surface area contributed by atoms with Gasteiger partial charge in [0.1, 0.15) is 0 Å². The molecule has 124 valence electrons. The van der Waals surface area contributed by atoms with Gasteiger partial charge in [-0.15, -0.1) is 0 Å². The van der Waals surface area contributed by atoms with Gasteiger partial charge in [0.15, 0.2) is 0 Å². The van der Waals surface area contributed by atoms with Crippen LogP contribution in [-0.2, 0) is 6.42 Å². The van der Waals surface area contributed by atoms with Gasteiger partial charge in [-0.2, -0.15) is 0 Å². The Bertz CT molecular complexity index is 626. The largest absolute Gasteiger partial charge is 0.394 e. The first-order chi connectivity index (χ1) is 11.1. The number of aliphatic hydroxyl groups is 1. The summed E-state index contributed by atoms with van der Waals surface area (Å²) < 4.78 is 0. The maximum atomic E-state index is 12.5. The van der Waals surface area contributed by atoms with Crippen LogP contribution in [0.4, 0.5) is 4.79 Å². The Hall–Kier alpha value is -1.55. The van der Waals surface area contributed by atoms with Crippen molar-refractivity contribution in [2.75, 3.05) is 6.61 Å². The van der Waals surface area contributed by atoms with E-state index < -0.39 is 5.54 Å². The summed E-state index contributed by atoms with van der Waals surface area (Å²) in [7, 11) is 0. The summed E-state index contributed by atoms with van der Waals surface area (Å²) in [5, 5.41) is 15.8. The van der Waals surface area contributed by atoms with Crippen LogP contribution in [0.3, 0.4) is 0 Å². The zero-order valence-electron chi connectivity index (χ0n) is 13.8. The van der Waals surface area contributed by atoms with Crippen molar-refractivity contribution in [1.82, 2.24) is 10.6 Å². The lowest BCUT2D eigenvalue weighted by Crippen LogP contribution is -2.54. The monoisotopic (exact) mass is 314 g/mol. The number of amides is 2. The standard InChI is InChI=1S/C19H26N2O2/c1-19(11-22,14-8-9-14)21-18(23)20-16-10-13-6-2-4-12-5-3-7-15(16)17(12)13/h3,5,7,13-14,16,22H,2,4,6,8-11H2,1H3,(H2,20,21,23). The van der Waals surface area contributed by atoms with E-state index in [0.717, 1.165) is 19.3 Å². The van der Waals surface area contributed by atoms with E-state index >= 15 is 0 Å². The molecule has 0 radical (unpaired) electrons. The van der Waals surface area contributed by atoms with Gasteiger partial charge in [-0.1, -0.05) is 18.2 Å². The van der Waals surface area contributed by atoms with Crippen LogP contribution >= 0.6 is 0 Å². The number of nitrogens with one attached hydrogen (secondary N) is 2. The molecule has 23 heavy (non-hydrogen) atoms. The second kappa shape index (κ2) is 5.52. The lowest BCUT2D eigenvalue weighted by atomic mass is 9.84. The average molecular weight is 314 g/mol. The Morgan fingerprint density at radius 2 is 2.17 bits per heavy atom. The number of aryl methyl sites for hydroxylation is 1. The normalized spacial score (nSPS) is 27.9. The Balaban J connectivity index is 1.48. The van der Waals surface area contributed by atoms with Crippen molar-refractivity contribution in [2.45, 2.75) is 62.9 Å². The fraction of sp³-hybridized carbons (Fsp3) is 0.632. The molecule has 2 amide bonds. The SMILES string of the molecule is CC(CO)(NC(=O)NC1CC2CCCc3cccc1c32)C1CC1. The van der Waals surface area contributed by atoms with Crippen LogP contribution in [0.15, 0.2) is 18.2 Å². The third-order valence-electron chi connectivity index (χ3n) is 6.04. The van der Waals surface area contributed by atoms with Gasteiger partial charge in [0.2, 0.25) is 0 Å².